The summed E-state index contributed by atoms with van der Waals surface area (Å²) in [5.74, 6) is 0.866. The predicted molar refractivity (Wildman–Crippen MR) is 83.2 cm³/mol. The monoisotopic (exact) mass is 263 g/mol. The summed E-state index contributed by atoms with van der Waals surface area (Å²) in [5.41, 5.74) is 5.64. The van der Waals surface area contributed by atoms with Crippen molar-refractivity contribution in [3.63, 3.8) is 0 Å². The van der Waals surface area contributed by atoms with Crippen LogP contribution in [0.15, 0.2) is 48.5 Å². The fourth-order valence-corrected chi connectivity index (χ4v) is 2.37. The van der Waals surface area contributed by atoms with Crippen LogP contribution < -0.4 is 4.74 Å². The molecule has 0 radical (unpaired) electrons. The highest BCUT2D eigenvalue weighted by atomic mass is 16.5. The molecule has 20 heavy (non-hydrogen) atoms. The van der Waals surface area contributed by atoms with E-state index in [9.17, 15) is 0 Å². The molecule has 0 atom stereocenters. The van der Waals surface area contributed by atoms with Crippen molar-refractivity contribution >= 4 is 10.9 Å². The van der Waals surface area contributed by atoms with Crippen molar-refractivity contribution in [2.24, 2.45) is 0 Å². The number of aryl methyl sites for hydroxylation is 2. The molecule has 0 aliphatic rings. The quantitative estimate of drug-likeness (QED) is 0.677. The Balaban J connectivity index is 2.17. The number of methoxy groups -OCH3 is 1. The van der Waals surface area contributed by atoms with E-state index in [0.29, 0.717) is 0 Å². The van der Waals surface area contributed by atoms with E-state index in [0.717, 1.165) is 27.9 Å². The van der Waals surface area contributed by atoms with Gasteiger partial charge >= 0.3 is 0 Å². The number of rotatable bonds is 2. The Morgan fingerprint density at radius 1 is 0.900 bits per heavy atom. The van der Waals surface area contributed by atoms with Crippen LogP contribution in [0, 0.1) is 13.8 Å². The first-order chi connectivity index (χ1) is 9.67. The van der Waals surface area contributed by atoms with E-state index in [-0.39, 0.29) is 0 Å². The largest absolute Gasteiger partial charge is 0.497 e. The van der Waals surface area contributed by atoms with Gasteiger partial charge in [0.25, 0.3) is 0 Å². The van der Waals surface area contributed by atoms with Gasteiger partial charge < -0.3 is 4.74 Å². The first kappa shape index (κ1) is 12.7. The summed E-state index contributed by atoms with van der Waals surface area (Å²) in [5, 5.41) is 1.14. The summed E-state index contributed by atoms with van der Waals surface area (Å²) in [6.45, 7) is 4.20. The molecule has 100 valence electrons. The van der Waals surface area contributed by atoms with Crippen LogP contribution >= 0.6 is 0 Å². The van der Waals surface area contributed by atoms with Crippen LogP contribution in [0.1, 0.15) is 11.1 Å². The maximum Gasteiger partial charge on any atom is 0.119 e. The molecule has 1 aromatic heterocycles. The lowest BCUT2D eigenvalue weighted by Gasteiger charge is -2.08. The van der Waals surface area contributed by atoms with Gasteiger partial charge in [0.1, 0.15) is 5.75 Å². The summed E-state index contributed by atoms with van der Waals surface area (Å²) in [7, 11) is 1.69. The van der Waals surface area contributed by atoms with Crippen LogP contribution in [0.4, 0.5) is 0 Å². The lowest BCUT2D eigenvalue weighted by atomic mass is 10.0. The van der Waals surface area contributed by atoms with Gasteiger partial charge in [-0.1, -0.05) is 29.8 Å². The van der Waals surface area contributed by atoms with Gasteiger partial charge in [0.2, 0.25) is 0 Å². The third-order valence-electron chi connectivity index (χ3n) is 3.57. The summed E-state index contributed by atoms with van der Waals surface area (Å²) < 4.78 is 5.28. The molecule has 0 bridgehead atoms. The van der Waals surface area contributed by atoms with Crippen molar-refractivity contribution in [1.29, 1.82) is 0 Å². The van der Waals surface area contributed by atoms with E-state index >= 15 is 0 Å². The van der Waals surface area contributed by atoms with E-state index in [2.05, 4.69) is 44.2 Å². The molecule has 2 heteroatoms. The molecular weight excluding hydrogens is 246 g/mol. The van der Waals surface area contributed by atoms with Crippen molar-refractivity contribution in [3.05, 3.63) is 59.7 Å². The maximum atomic E-state index is 5.28. The number of pyridine rings is 1. The van der Waals surface area contributed by atoms with E-state index < -0.39 is 0 Å². The van der Waals surface area contributed by atoms with Gasteiger partial charge in [-0.05, 0) is 43.7 Å². The minimum Gasteiger partial charge on any atom is -0.497 e. The van der Waals surface area contributed by atoms with E-state index in [1.807, 2.05) is 18.2 Å². The number of benzene rings is 2. The Hall–Kier alpha value is -2.35. The van der Waals surface area contributed by atoms with Gasteiger partial charge in [0, 0.05) is 10.9 Å². The van der Waals surface area contributed by atoms with Crippen LogP contribution in [0.25, 0.3) is 22.2 Å². The summed E-state index contributed by atoms with van der Waals surface area (Å²) in [4.78, 5) is 4.76. The average Bonchev–Trinajstić information content (AvgIpc) is 2.47. The van der Waals surface area contributed by atoms with Crippen LogP contribution in [0.3, 0.4) is 0 Å². The molecule has 0 fully saturated rings. The molecule has 2 nitrogen and oxygen atoms in total. The highest BCUT2D eigenvalue weighted by Crippen LogP contribution is 2.27. The Labute approximate surface area is 119 Å². The number of fused-ring (bicyclic) bond motifs is 1. The zero-order valence-electron chi connectivity index (χ0n) is 12.0. The lowest BCUT2D eigenvalue weighted by Crippen LogP contribution is -1.90. The topological polar surface area (TPSA) is 22.1 Å². The minimum absolute atomic E-state index is 0.866. The van der Waals surface area contributed by atoms with Crippen LogP contribution in [0.5, 0.6) is 5.75 Å². The number of hydrogen-bond acceptors (Lipinski definition) is 2. The Morgan fingerprint density at radius 3 is 2.35 bits per heavy atom. The maximum absolute atomic E-state index is 5.28. The Kier molecular flexibility index (Phi) is 3.15. The third-order valence-corrected chi connectivity index (χ3v) is 3.57. The fraction of sp³-hybridized carbons (Fsp3) is 0.167. The van der Waals surface area contributed by atoms with Gasteiger partial charge in [0.15, 0.2) is 0 Å². The van der Waals surface area contributed by atoms with Crippen LogP contribution in [0.2, 0.25) is 0 Å². The zero-order chi connectivity index (χ0) is 14.1. The first-order valence-electron chi connectivity index (χ1n) is 6.70. The summed E-state index contributed by atoms with van der Waals surface area (Å²) in [6.07, 6.45) is 0. The molecule has 0 amide bonds. The van der Waals surface area contributed by atoms with Gasteiger partial charge in [0.05, 0.1) is 18.3 Å². The molecule has 3 aromatic rings. The molecule has 0 aliphatic carbocycles. The molecule has 0 unspecified atom stereocenters. The SMILES string of the molecule is COc1ccc2nc(-c3ccc(C)cc3)cc(C)c2c1. The minimum atomic E-state index is 0.866. The normalized spacial score (nSPS) is 10.8. The molecule has 0 saturated heterocycles. The van der Waals surface area contributed by atoms with E-state index in [1.54, 1.807) is 7.11 Å². The van der Waals surface area contributed by atoms with Crippen molar-refractivity contribution in [3.8, 4) is 17.0 Å². The zero-order valence-corrected chi connectivity index (χ0v) is 12.0. The molecule has 3 rings (SSSR count). The van der Waals surface area contributed by atoms with Gasteiger partial charge in [-0.2, -0.15) is 0 Å². The standard InChI is InChI=1S/C18H17NO/c1-12-4-6-14(7-5-12)18-10-13(2)16-11-15(20-3)8-9-17(16)19-18/h4-11H,1-3H3. The van der Waals surface area contributed by atoms with Crippen LogP contribution in [-0.2, 0) is 0 Å². The molecule has 0 spiro atoms. The molecule has 0 saturated carbocycles. The number of nitrogens with zero attached hydrogens (tertiary/aromatic N) is 1. The Morgan fingerprint density at radius 2 is 1.65 bits per heavy atom. The van der Waals surface area contributed by atoms with Crippen molar-refractivity contribution in [1.82, 2.24) is 4.98 Å². The van der Waals surface area contributed by atoms with Gasteiger partial charge in [-0.3, -0.25) is 0 Å². The molecule has 0 N–H and O–H groups in total. The van der Waals surface area contributed by atoms with Crippen LogP contribution in [-0.4, -0.2) is 12.1 Å². The smallest absolute Gasteiger partial charge is 0.119 e. The van der Waals surface area contributed by atoms with Crippen molar-refractivity contribution < 1.29 is 4.74 Å². The average molecular weight is 263 g/mol. The molecule has 0 aliphatic heterocycles. The highest BCUT2D eigenvalue weighted by molar-refractivity contribution is 5.86. The lowest BCUT2D eigenvalue weighted by molar-refractivity contribution is 0.415. The second-order valence-corrected chi connectivity index (χ2v) is 5.07. The van der Waals surface area contributed by atoms with E-state index in [4.69, 9.17) is 9.72 Å². The molecule has 1 heterocycles. The second-order valence-electron chi connectivity index (χ2n) is 5.07. The van der Waals surface area contributed by atoms with Gasteiger partial charge in [-0.25, -0.2) is 4.98 Å². The van der Waals surface area contributed by atoms with Crippen molar-refractivity contribution in [2.45, 2.75) is 13.8 Å². The predicted octanol–water partition coefficient (Wildman–Crippen LogP) is 4.53. The molecular formula is C18H17NO. The highest BCUT2D eigenvalue weighted by Gasteiger charge is 2.06. The number of hydrogen-bond donors (Lipinski definition) is 0. The fourth-order valence-electron chi connectivity index (χ4n) is 2.37. The Bertz CT molecular complexity index is 760. The van der Waals surface area contributed by atoms with Gasteiger partial charge in [-0.15, -0.1) is 0 Å². The number of aromatic nitrogens is 1. The second kappa shape index (κ2) is 4.97. The first-order valence-corrected chi connectivity index (χ1v) is 6.70. The summed E-state index contributed by atoms with van der Waals surface area (Å²) in [6, 6.07) is 16.6. The van der Waals surface area contributed by atoms with Crippen molar-refractivity contribution in [2.75, 3.05) is 7.11 Å². The third kappa shape index (κ3) is 2.25. The number of ether oxygens (including phenoxy) is 1. The van der Waals surface area contributed by atoms with E-state index in [1.165, 1.54) is 11.1 Å². The molecule has 2 aromatic carbocycles. The summed E-state index contributed by atoms with van der Waals surface area (Å²) >= 11 is 0.